The Hall–Kier alpha value is -3.26. The highest BCUT2D eigenvalue weighted by molar-refractivity contribution is 6.26. The van der Waals surface area contributed by atoms with Gasteiger partial charge in [-0.25, -0.2) is 4.79 Å². The number of fused-ring (bicyclic) bond motifs is 2. The fourth-order valence-electron chi connectivity index (χ4n) is 5.76. The van der Waals surface area contributed by atoms with Crippen molar-refractivity contribution in [3.05, 3.63) is 57.9 Å². The van der Waals surface area contributed by atoms with Gasteiger partial charge in [-0.2, -0.15) is 0 Å². The molecule has 226 valence electrons. The van der Waals surface area contributed by atoms with Crippen LogP contribution < -0.4 is 11.1 Å². The van der Waals surface area contributed by atoms with E-state index in [-0.39, 0.29) is 46.5 Å². The van der Waals surface area contributed by atoms with Gasteiger partial charge in [0.05, 0.1) is 11.8 Å². The average molecular weight is 569 g/mol. The first-order chi connectivity index (χ1) is 19.2. The van der Waals surface area contributed by atoms with Crippen LogP contribution >= 0.6 is 0 Å². The summed E-state index contributed by atoms with van der Waals surface area (Å²) in [5.74, 6) is -1.63. The summed E-state index contributed by atoms with van der Waals surface area (Å²) in [6, 6.07) is 0. The summed E-state index contributed by atoms with van der Waals surface area (Å²) in [6.07, 6.45) is 7.93. The normalized spacial score (nSPS) is 32.6. The molecule has 0 spiro atoms. The molecule has 8 heteroatoms. The Balaban J connectivity index is 2.60. The quantitative estimate of drug-likeness (QED) is 0.297. The SMILES string of the molecule is CCCCC1=C2C[C@@H](C)C[C@H](C)[C@H](O)[C@@H](C)/C=C(\C)[C@H](OC(N)=O)[C@@H](C)/C=C\C=C(/C)C(=O)NC(=C(C)C1=O)C2=O. The molecule has 6 atom stereocenters. The van der Waals surface area contributed by atoms with E-state index in [1.165, 1.54) is 0 Å². The third-order valence-electron chi connectivity index (χ3n) is 8.14. The number of aliphatic hydroxyl groups excluding tert-OH is 1. The molecule has 0 aromatic carbocycles. The highest BCUT2D eigenvalue weighted by Gasteiger charge is 2.34. The number of hydrogen-bond donors (Lipinski definition) is 3. The Bertz CT molecular complexity index is 1190. The Morgan fingerprint density at radius 2 is 1.73 bits per heavy atom. The number of Topliss-reactive ketones (excluding diaryl/α,β-unsaturated/α-hetero) is 2. The molecule has 1 aliphatic carbocycles. The molecule has 1 heterocycles. The van der Waals surface area contributed by atoms with Crippen molar-refractivity contribution in [3.63, 3.8) is 0 Å². The molecular formula is C33H48N2O6. The largest absolute Gasteiger partial charge is 0.441 e. The van der Waals surface area contributed by atoms with Gasteiger partial charge in [0.2, 0.25) is 5.78 Å². The number of rotatable bonds is 4. The van der Waals surface area contributed by atoms with Gasteiger partial charge < -0.3 is 20.9 Å². The molecule has 0 fully saturated rings. The zero-order chi connectivity index (χ0) is 31.0. The maximum atomic E-state index is 13.8. The zero-order valence-corrected chi connectivity index (χ0v) is 25.9. The molecule has 0 aromatic rings. The summed E-state index contributed by atoms with van der Waals surface area (Å²) >= 11 is 0. The minimum absolute atomic E-state index is 0.00505. The molecule has 41 heavy (non-hydrogen) atoms. The molecule has 1 aliphatic heterocycles. The lowest BCUT2D eigenvalue weighted by molar-refractivity contribution is -0.120. The molecule has 2 rings (SSSR count). The van der Waals surface area contributed by atoms with Gasteiger partial charge in [-0.05, 0) is 63.9 Å². The van der Waals surface area contributed by atoms with Crippen molar-refractivity contribution >= 4 is 23.6 Å². The Labute approximate surface area is 244 Å². The maximum Gasteiger partial charge on any atom is 0.405 e. The lowest BCUT2D eigenvalue weighted by Gasteiger charge is -2.29. The molecule has 2 bridgehead atoms. The van der Waals surface area contributed by atoms with E-state index in [1.54, 1.807) is 32.1 Å². The highest BCUT2D eigenvalue weighted by Crippen LogP contribution is 2.34. The van der Waals surface area contributed by atoms with Crippen LogP contribution in [0.4, 0.5) is 4.79 Å². The Morgan fingerprint density at radius 1 is 1.07 bits per heavy atom. The van der Waals surface area contributed by atoms with E-state index in [4.69, 9.17) is 10.5 Å². The predicted octanol–water partition coefficient (Wildman–Crippen LogP) is 5.63. The fourth-order valence-corrected chi connectivity index (χ4v) is 5.76. The van der Waals surface area contributed by atoms with E-state index in [2.05, 4.69) is 5.32 Å². The number of ether oxygens (including phenoxy) is 1. The van der Waals surface area contributed by atoms with E-state index < -0.39 is 24.2 Å². The summed E-state index contributed by atoms with van der Waals surface area (Å²) in [4.78, 5) is 52.0. The Kier molecular flexibility index (Phi) is 12.5. The van der Waals surface area contributed by atoms with Crippen LogP contribution in [0.25, 0.3) is 0 Å². The second kappa shape index (κ2) is 15.1. The van der Waals surface area contributed by atoms with Crippen LogP contribution in [0.2, 0.25) is 0 Å². The van der Waals surface area contributed by atoms with Gasteiger partial charge in [-0.1, -0.05) is 65.3 Å². The molecular weight excluding hydrogens is 520 g/mol. The number of hydrogen-bond acceptors (Lipinski definition) is 6. The van der Waals surface area contributed by atoms with Crippen molar-refractivity contribution in [1.82, 2.24) is 5.32 Å². The third kappa shape index (κ3) is 8.86. The van der Waals surface area contributed by atoms with Crippen LogP contribution in [0, 0.1) is 23.7 Å². The van der Waals surface area contributed by atoms with E-state index >= 15 is 0 Å². The van der Waals surface area contributed by atoms with Crippen LogP contribution in [0.15, 0.2) is 57.9 Å². The van der Waals surface area contributed by atoms with E-state index in [1.807, 2.05) is 47.6 Å². The number of allylic oxidation sites excluding steroid dienone is 5. The van der Waals surface area contributed by atoms with Crippen molar-refractivity contribution in [2.45, 2.75) is 99.7 Å². The molecule has 0 radical (unpaired) electrons. The monoisotopic (exact) mass is 568 g/mol. The summed E-state index contributed by atoms with van der Waals surface area (Å²) in [7, 11) is 0. The van der Waals surface area contributed by atoms with Crippen LogP contribution in [0.5, 0.6) is 0 Å². The van der Waals surface area contributed by atoms with Gasteiger partial charge in [0, 0.05) is 34.1 Å². The molecule has 4 N–H and O–H groups in total. The first-order valence-electron chi connectivity index (χ1n) is 14.7. The number of carbonyl (C=O) groups excluding carboxylic acids is 4. The molecule has 0 aromatic heterocycles. The van der Waals surface area contributed by atoms with Crippen LogP contribution in [0.3, 0.4) is 0 Å². The molecule has 8 nitrogen and oxygen atoms in total. The number of aliphatic hydroxyl groups is 1. The minimum Gasteiger partial charge on any atom is -0.441 e. The second-order valence-corrected chi connectivity index (χ2v) is 11.9. The number of nitrogens with two attached hydrogens (primary N) is 1. The molecule has 2 amide bonds. The second-order valence-electron chi connectivity index (χ2n) is 11.9. The summed E-state index contributed by atoms with van der Waals surface area (Å²) in [6.45, 7) is 14.9. The van der Waals surface area contributed by atoms with Crippen LogP contribution in [-0.2, 0) is 19.1 Å². The lowest BCUT2D eigenvalue weighted by atomic mass is 9.78. The predicted molar refractivity (Wildman–Crippen MR) is 160 cm³/mol. The number of unbranched alkanes of at least 4 members (excludes halogenated alkanes) is 1. The van der Waals surface area contributed by atoms with Gasteiger partial charge in [0.15, 0.2) is 5.78 Å². The third-order valence-corrected chi connectivity index (χ3v) is 8.14. The topological polar surface area (TPSA) is 136 Å². The zero-order valence-electron chi connectivity index (χ0n) is 25.9. The molecule has 0 unspecified atom stereocenters. The summed E-state index contributed by atoms with van der Waals surface area (Å²) in [5, 5.41) is 13.9. The smallest absolute Gasteiger partial charge is 0.405 e. The number of ketones is 2. The Morgan fingerprint density at radius 3 is 2.34 bits per heavy atom. The number of carbonyl (C=O) groups is 4. The number of primary amides is 1. The van der Waals surface area contributed by atoms with E-state index in [0.29, 0.717) is 36.0 Å². The van der Waals surface area contributed by atoms with E-state index in [0.717, 1.165) is 18.4 Å². The van der Waals surface area contributed by atoms with Crippen molar-refractivity contribution in [2.24, 2.45) is 29.4 Å². The summed E-state index contributed by atoms with van der Waals surface area (Å²) in [5.41, 5.74) is 7.73. The van der Waals surface area contributed by atoms with Crippen molar-refractivity contribution in [1.29, 1.82) is 0 Å². The van der Waals surface area contributed by atoms with Gasteiger partial charge in [0.1, 0.15) is 6.10 Å². The van der Waals surface area contributed by atoms with Crippen molar-refractivity contribution in [2.75, 3.05) is 0 Å². The average Bonchev–Trinajstić information content (AvgIpc) is 2.90. The number of amides is 2. The van der Waals surface area contributed by atoms with Crippen molar-refractivity contribution in [3.8, 4) is 0 Å². The van der Waals surface area contributed by atoms with Gasteiger partial charge >= 0.3 is 6.09 Å². The van der Waals surface area contributed by atoms with E-state index in [9.17, 15) is 24.3 Å². The van der Waals surface area contributed by atoms with Crippen molar-refractivity contribution < 1.29 is 29.0 Å². The first kappa shape index (κ1) is 33.9. The van der Waals surface area contributed by atoms with Gasteiger partial charge in [-0.15, -0.1) is 0 Å². The number of nitrogens with one attached hydrogen (secondary N) is 1. The van der Waals surface area contributed by atoms with Crippen LogP contribution in [0.1, 0.15) is 87.5 Å². The maximum absolute atomic E-state index is 13.8. The van der Waals surface area contributed by atoms with Gasteiger partial charge in [-0.3, -0.25) is 14.4 Å². The van der Waals surface area contributed by atoms with Crippen LogP contribution in [-0.4, -0.2) is 40.9 Å². The molecule has 2 aliphatic rings. The highest BCUT2D eigenvalue weighted by atomic mass is 16.6. The molecule has 0 saturated carbocycles. The fraction of sp³-hybridized carbons (Fsp3) is 0.576. The lowest BCUT2D eigenvalue weighted by Crippen LogP contribution is -2.35. The standard InChI is InChI=1S/C33H48N2O6/c1-9-10-14-25-26-16-18(2)15-21(5)28(36)22(6)17-23(7)31(41-33(34)40)19(3)12-11-13-20(4)32(39)35-27(30(26)38)24(8)29(25)37/h11-13,17-19,21-22,28,31,36H,9-10,14-16H2,1-8H3,(H2,34,40)(H,35,39)/b12-11-,20-13+,23-17+/t18-,19-,21-,22-,28-,31+/m0/s1. The summed E-state index contributed by atoms with van der Waals surface area (Å²) < 4.78 is 5.42. The first-order valence-corrected chi connectivity index (χ1v) is 14.7. The van der Waals surface area contributed by atoms with Gasteiger partial charge in [0.25, 0.3) is 5.91 Å². The molecule has 0 saturated heterocycles. The minimum atomic E-state index is -0.899.